The van der Waals surface area contributed by atoms with Crippen LogP contribution in [0.25, 0.3) is 0 Å². The third-order valence-electron chi connectivity index (χ3n) is 6.74. The van der Waals surface area contributed by atoms with E-state index in [9.17, 15) is 13.2 Å². The minimum atomic E-state index is -3.93. The van der Waals surface area contributed by atoms with E-state index in [1.165, 1.54) is 21.9 Å². The van der Waals surface area contributed by atoms with E-state index in [4.69, 9.17) is 0 Å². The van der Waals surface area contributed by atoms with E-state index in [0.717, 1.165) is 29.5 Å². The van der Waals surface area contributed by atoms with Crippen LogP contribution in [-0.4, -0.2) is 20.9 Å². The third-order valence-corrected chi connectivity index (χ3v) is 8.53. The van der Waals surface area contributed by atoms with Crippen molar-refractivity contribution in [2.75, 3.05) is 10.8 Å². The molecule has 0 heterocycles. The molecule has 35 heavy (non-hydrogen) atoms. The fourth-order valence-corrected chi connectivity index (χ4v) is 5.96. The molecule has 0 saturated carbocycles. The number of aryl methyl sites for hydroxylation is 3. The summed E-state index contributed by atoms with van der Waals surface area (Å²) in [7, 11) is -3.93. The number of hydrogen-bond acceptors (Lipinski definition) is 3. The number of rotatable bonds is 8. The van der Waals surface area contributed by atoms with E-state index in [2.05, 4.69) is 37.4 Å². The number of carbonyl (C=O) groups excluding carboxylic acids is 1. The van der Waals surface area contributed by atoms with Crippen molar-refractivity contribution in [1.82, 2.24) is 5.32 Å². The highest BCUT2D eigenvalue weighted by atomic mass is 32.2. The van der Waals surface area contributed by atoms with Crippen LogP contribution in [0.4, 0.5) is 5.69 Å². The maximum absolute atomic E-state index is 13.6. The Kier molecular flexibility index (Phi) is 7.31. The first-order chi connectivity index (χ1) is 16.6. The van der Waals surface area contributed by atoms with Crippen molar-refractivity contribution in [2.45, 2.75) is 63.8 Å². The van der Waals surface area contributed by atoms with Gasteiger partial charge in [-0.1, -0.05) is 61.9 Å². The van der Waals surface area contributed by atoms with Gasteiger partial charge in [0.25, 0.3) is 10.0 Å². The van der Waals surface area contributed by atoms with Crippen LogP contribution in [0.3, 0.4) is 0 Å². The van der Waals surface area contributed by atoms with E-state index in [-0.39, 0.29) is 23.4 Å². The number of carbonyl (C=O) groups is 1. The lowest BCUT2D eigenvalue weighted by Crippen LogP contribution is -2.41. The zero-order chi connectivity index (χ0) is 25.2. The summed E-state index contributed by atoms with van der Waals surface area (Å²) in [6, 6.07) is 20.2. The van der Waals surface area contributed by atoms with Gasteiger partial charge in [-0.05, 0) is 85.5 Å². The van der Waals surface area contributed by atoms with Gasteiger partial charge >= 0.3 is 0 Å². The molecule has 184 valence electrons. The number of nitrogens with one attached hydrogen (secondary N) is 1. The molecule has 0 radical (unpaired) electrons. The Hall–Kier alpha value is -3.12. The van der Waals surface area contributed by atoms with Crippen LogP contribution < -0.4 is 9.62 Å². The Morgan fingerprint density at radius 3 is 2.17 bits per heavy atom. The van der Waals surface area contributed by atoms with Crippen LogP contribution in [0.5, 0.6) is 0 Å². The smallest absolute Gasteiger partial charge is 0.264 e. The van der Waals surface area contributed by atoms with Gasteiger partial charge in [0, 0.05) is 0 Å². The van der Waals surface area contributed by atoms with Crippen molar-refractivity contribution < 1.29 is 13.2 Å². The summed E-state index contributed by atoms with van der Waals surface area (Å²) in [4.78, 5) is 13.3. The quantitative estimate of drug-likeness (QED) is 0.442. The molecular weight excluding hydrogens is 456 g/mol. The second kappa shape index (κ2) is 10.2. The molecule has 1 N–H and O–H groups in total. The number of nitrogens with zero attached hydrogens (tertiary/aromatic N) is 1. The van der Waals surface area contributed by atoms with Crippen molar-refractivity contribution >= 4 is 21.6 Å². The predicted octanol–water partition coefficient (Wildman–Crippen LogP) is 5.68. The van der Waals surface area contributed by atoms with Gasteiger partial charge in [0.15, 0.2) is 0 Å². The molecule has 0 aromatic heterocycles. The van der Waals surface area contributed by atoms with Crippen LogP contribution in [0.1, 0.15) is 67.0 Å². The highest BCUT2D eigenvalue weighted by Gasteiger charge is 2.28. The first kappa shape index (κ1) is 25.0. The summed E-state index contributed by atoms with van der Waals surface area (Å²) in [6.45, 7) is 7.72. The molecule has 0 fully saturated rings. The molecule has 1 aliphatic rings. The van der Waals surface area contributed by atoms with Crippen molar-refractivity contribution in [3.8, 4) is 0 Å². The highest BCUT2D eigenvalue weighted by Crippen LogP contribution is 2.27. The van der Waals surface area contributed by atoms with Crippen LogP contribution in [0.2, 0.25) is 0 Å². The van der Waals surface area contributed by atoms with Gasteiger partial charge in [-0.15, -0.1) is 0 Å². The zero-order valence-corrected chi connectivity index (χ0v) is 21.7. The normalized spacial score (nSPS) is 14.0. The standard InChI is InChI=1S/C29H34N2O3S/c1-20(2)23-12-14-27(15-13-23)31(35(33,34)28-16-8-21(3)9-17-28)19-29(32)30-22(4)25-11-10-24-6-5-7-26(24)18-25/h8-18,20,22H,5-7,19H2,1-4H3,(H,30,32). The first-order valence-electron chi connectivity index (χ1n) is 12.3. The van der Waals surface area contributed by atoms with Gasteiger partial charge in [-0.2, -0.15) is 0 Å². The molecule has 0 bridgehead atoms. The molecule has 1 amide bonds. The summed E-state index contributed by atoms with van der Waals surface area (Å²) in [6.07, 6.45) is 3.34. The molecule has 3 aromatic rings. The maximum atomic E-state index is 13.6. The number of sulfonamides is 1. The lowest BCUT2D eigenvalue weighted by molar-refractivity contribution is -0.120. The summed E-state index contributed by atoms with van der Waals surface area (Å²) in [5.41, 5.74) is 6.31. The van der Waals surface area contributed by atoms with E-state index in [1.54, 1.807) is 36.4 Å². The molecule has 6 heteroatoms. The van der Waals surface area contributed by atoms with Crippen molar-refractivity contribution in [2.24, 2.45) is 0 Å². The molecule has 1 aliphatic carbocycles. The predicted molar refractivity (Wildman–Crippen MR) is 141 cm³/mol. The Bertz CT molecular complexity index is 1300. The Balaban J connectivity index is 1.59. The number of fused-ring (bicyclic) bond motifs is 1. The van der Waals surface area contributed by atoms with Gasteiger partial charge in [0.1, 0.15) is 6.54 Å². The SMILES string of the molecule is Cc1ccc(S(=O)(=O)N(CC(=O)NC(C)c2ccc3c(c2)CCC3)c2ccc(C(C)C)cc2)cc1. The number of benzene rings is 3. The maximum Gasteiger partial charge on any atom is 0.264 e. The largest absolute Gasteiger partial charge is 0.348 e. The molecule has 1 atom stereocenters. The fraction of sp³-hybridized carbons (Fsp3) is 0.345. The Labute approximate surface area is 209 Å². The van der Waals surface area contributed by atoms with Gasteiger partial charge in [0.2, 0.25) is 5.91 Å². The molecule has 4 rings (SSSR count). The van der Waals surface area contributed by atoms with Gasteiger partial charge in [-0.25, -0.2) is 8.42 Å². The molecular formula is C29H34N2O3S. The van der Waals surface area contributed by atoms with Crippen LogP contribution in [0, 0.1) is 6.92 Å². The summed E-state index contributed by atoms with van der Waals surface area (Å²) >= 11 is 0. The molecule has 1 unspecified atom stereocenters. The lowest BCUT2D eigenvalue weighted by atomic mass is 10.0. The van der Waals surface area contributed by atoms with E-state index >= 15 is 0 Å². The van der Waals surface area contributed by atoms with Gasteiger partial charge in [0.05, 0.1) is 16.6 Å². The molecule has 0 saturated heterocycles. The van der Waals surface area contributed by atoms with E-state index in [1.807, 2.05) is 26.0 Å². The number of anilines is 1. The second-order valence-electron chi connectivity index (χ2n) is 9.74. The minimum absolute atomic E-state index is 0.163. The molecule has 0 spiro atoms. The second-order valence-corrected chi connectivity index (χ2v) is 11.6. The average molecular weight is 491 g/mol. The monoisotopic (exact) mass is 490 g/mol. The van der Waals surface area contributed by atoms with Gasteiger partial charge in [-0.3, -0.25) is 9.10 Å². The first-order valence-corrected chi connectivity index (χ1v) is 13.7. The average Bonchev–Trinajstić information content (AvgIpc) is 3.31. The van der Waals surface area contributed by atoms with Crippen molar-refractivity contribution in [1.29, 1.82) is 0 Å². The fourth-order valence-electron chi connectivity index (χ4n) is 4.54. The van der Waals surface area contributed by atoms with E-state index < -0.39 is 10.0 Å². The Morgan fingerprint density at radius 2 is 1.51 bits per heavy atom. The highest BCUT2D eigenvalue weighted by molar-refractivity contribution is 7.92. The van der Waals surface area contributed by atoms with Crippen LogP contribution in [0.15, 0.2) is 71.6 Å². The summed E-state index contributed by atoms with van der Waals surface area (Å²) < 4.78 is 28.5. The summed E-state index contributed by atoms with van der Waals surface area (Å²) in [5.74, 6) is -0.0238. The lowest BCUT2D eigenvalue weighted by Gasteiger charge is -2.25. The van der Waals surface area contributed by atoms with Gasteiger partial charge < -0.3 is 5.32 Å². The minimum Gasteiger partial charge on any atom is -0.348 e. The zero-order valence-electron chi connectivity index (χ0n) is 20.9. The van der Waals surface area contributed by atoms with Crippen molar-refractivity contribution in [3.05, 3.63) is 94.5 Å². The van der Waals surface area contributed by atoms with Crippen molar-refractivity contribution in [3.63, 3.8) is 0 Å². The number of hydrogen-bond donors (Lipinski definition) is 1. The Morgan fingerprint density at radius 1 is 0.886 bits per heavy atom. The number of amides is 1. The van der Waals surface area contributed by atoms with E-state index in [0.29, 0.717) is 11.6 Å². The third kappa shape index (κ3) is 5.59. The van der Waals surface area contributed by atoms with Crippen LogP contribution in [-0.2, 0) is 27.7 Å². The molecule has 3 aromatic carbocycles. The topological polar surface area (TPSA) is 66.5 Å². The molecule has 5 nitrogen and oxygen atoms in total. The van der Waals surface area contributed by atoms with Crippen LogP contribution >= 0.6 is 0 Å². The summed E-state index contributed by atoms with van der Waals surface area (Å²) in [5, 5.41) is 3.00. The molecule has 0 aliphatic heterocycles.